The van der Waals surface area contributed by atoms with E-state index in [1.54, 1.807) is 36.1 Å². The minimum absolute atomic E-state index is 0.0476. The van der Waals surface area contributed by atoms with Gasteiger partial charge in [-0.15, -0.1) is 0 Å². The maximum absolute atomic E-state index is 12.2. The third-order valence-electron chi connectivity index (χ3n) is 3.80. The highest BCUT2D eigenvalue weighted by Gasteiger charge is 2.26. The van der Waals surface area contributed by atoms with Gasteiger partial charge in [0.2, 0.25) is 11.8 Å². The molecule has 1 N–H and O–H groups in total. The van der Waals surface area contributed by atoms with Gasteiger partial charge in [0.25, 0.3) is 0 Å². The van der Waals surface area contributed by atoms with Crippen molar-refractivity contribution in [2.75, 3.05) is 31.5 Å². The van der Waals surface area contributed by atoms with Crippen LogP contribution < -0.4 is 5.32 Å². The van der Waals surface area contributed by atoms with Crippen LogP contribution in [-0.2, 0) is 9.59 Å². The Hall–Kier alpha value is -1.59. The summed E-state index contributed by atoms with van der Waals surface area (Å²) in [6, 6.07) is 6.82. The van der Waals surface area contributed by atoms with Crippen molar-refractivity contribution >= 4 is 29.1 Å². The molecule has 0 aliphatic carbocycles. The molecule has 0 aromatic heterocycles. The summed E-state index contributed by atoms with van der Waals surface area (Å²) in [5, 5.41) is 3.52. The molecule has 0 radical (unpaired) electrons. The molecule has 114 valence electrons. The highest BCUT2D eigenvalue weighted by molar-refractivity contribution is 6.30. The molecule has 0 spiro atoms. The molecular formula is C15H20ClN3O2. The number of anilines is 1. The van der Waals surface area contributed by atoms with Crippen molar-refractivity contribution in [1.82, 2.24) is 9.80 Å². The first kappa shape index (κ1) is 15.8. The Morgan fingerprint density at radius 2 is 1.71 bits per heavy atom. The first-order chi connectivity index (χ1) is 9.97. The summed E-state index contributed by atoms with van der Waals surface area (Å²) in [7, 11) is 0. The van der Waals surface area contributed by atoms with Crippen LogP contribution in [-0.4, -0.2) is 53.8 Å². The first-order valence-corrected chi connectivity index (χ1v) is 7.41. The molecule has 1 aromatic rings. The molecule has 1 aromatic carbocycles. The van der Waals surface area contributed by atoms with Crippen LogP contribution in [0.2, 0.25) is 5.02 Å². The number of piperazine rings is 1. The van der Waals surface area contributed by atoms with E-state index in [-0.39, 0.29) is 17.9 Å². The Labute approximate surface area is 129 Å². The minimum atomic E-state index is -0.227. The van der Waals surface area contributed by atoms with Gasteiger partial charge in [0.05, 0.1) is 6.04 Å². The molecular weight excluding hydrogens is 290 g/mol. The maximum Gasteiger partial charge on any atom is 0.241 e. The van der Waals surface area contributed by atoms with Crippen LogP contribution in [0.4, 0.5) is 5.69 Å². The van der Waals surface area contributed by atoms with Gasteiger partial charge < -0.3 is 10.2 Å². The van der Waals surface area contributed by atoms with Crippen molar-refractivity contribution in [2.24, 2.45) is 0 Å². The summed E-state index contributed by atoms with van der Waals surface area (Å²) in [4.78, 5) is 27.4. The zero-order valence-electron chi connectivity index (χ0n) is 12.3. The Bertz CT molecular complexity index is 510. The van der Waals surface area contributed by atoms with E-state index in [0.29, 0.717) is 18.1 Å². The van der Waals surface area contributed by atoms with Crippen LogP contribution in [0.3, 0.4) is 0 Å². The van der Waals surface area contributed by atoms with E-state index in [0.717, 1.165) is 18.8 Å². The lowest BCUT2D eigenvalue weighted by atomic mass is 10.2. The van der Waals surface area contributed by atoms with E-state index < -0.39 is 0 Å². The van der Waals surface area contributed by atoms with Crippen molar-refractivity contribution in [2.45, 2.75) is 19.9 Å². The number of nitrogens with zero attached hydrogens (tertiary/aromatic N) is 2. The number of amides is 2. The van der Waals surface area contributed by atoms with E-state index in [4.69, 9.17) is 11.6 Å². The van der Waals surface area contributed by atoms with Gasteiger partial charge in [-0.05, 0) is 31.2 Å². The monoisotopic (exact) mass is 309 g/mol. The van der Waals surface area contributed by atoms with Gasteiger partial charge in [-0.1, -0.05) is 11.6 Å². The van der Waals surface area contributed by atoms with Crippen molar-refractivity contribution in [3.63, 3.8) is 0 Å². The summed E-state index contributed by atoms with van der Waals surface area (Å²) in [5.41, 5.74) is 0.735. The topological polar surface area (TPSA) is 52.7 Å². The lowest BCUT2D eigenvalue weighted by Crippen LogP contribution is -2.53. The lowest BCUT2D eigenvalue weighted by Gasteiger charge is -2.37. The van der Waals surface area contributed by atoms with Gasteiger partial charge in [-0.25, -0.2) is 0 Å². The number of hydrogen-bond donors (Lipinski definition) is 1. The van der Waals surface area contributed by atoms with E-state index >= 15 is 0 Å². The van der Waals surface area contributed by atoms with Crippen LogP contribution in [0.1, 0.15) is 13.8 Å². The number of benzene rings is 1. The molecule has 1 atom stereocenters. The van der Waals surface area contributed by atoms with Crippen LogP contribution in [0.25, 0.3) is 0 Å². The number of rotatable bonds is 3. The number of carbonyl (C=O) groups is 2. The average Bonchev–Trinajstić information content (AvgIpc) is 2.49. The lowest BCUT2D eigenvalue weighted by molar-refractivity contribution is -0.131. The fourth-order valence-electron chi connectivity index (χ4n) is 2.37. The van der Waals surface area contributed by atoms with E-state index in [1.807, 2.05) is 6.92 Å². The predicted molar refractivity (Wildman–Crippen MR) is 83.4 cm³/mol. The molecule has 1 fully saturated rings. The second-order valence-corrected chi connectivity index (χ2v) is 5.65. The Kier molecular flexibility index (Phi) is 5.20. The molecule has 0 unspecified atom stereocenters. The third kappa shape index (κ3) is 4.19. The van der Waals surface area contributed by atoms with Gasteiger partial charge in [-0.2, -0.15) is 0 Å². The molecule has 2 amide bonds. The summed E-state index contributed by atoms with van der Waals surface area (Å²) >= 11 is 5.82. The summed E-state index contributed by atoms with van der Waals surface area (Å²) in [5.74, 6) is 0.0431. The van der Waals surface area contributed by atoms with Crippen LogP contribution in [0.5, 0.6) is 0 Å². The quantitative estimate of drug-likeness (QED) is 0.927. The van der Waals surface area contributed by atoms with Gasteiger partial charge in [0.15, 0.2) is 0 Å². The van der Waals surface area contributed by atoms with Crippen LogP contribution in [0, 0.1) is 0 Å². The molecule has 1 aliphatic rings. The molecule has 0 bridgehead atoms. The van der Waals surface area contributed by atoms with E-state index in [1.165, 1.54) is 0 Å². The normalized spacial score (nSPS) is 17.4. The van der Waals surface area contributed by atoms with Crippen molar-refractivity contribution < 1.29 is 9.59 Å². The van der Waals surface area contributed by atoms with Crippen LogP contribution in [0.15, 0.2) is 24.3 Å². The number of halogens is 1. The Morgan fingerprint density at radius 1 is 1.14 bits per heavy atom. The highest BCUT2D eigenvalue weighted by atomic mass is 35.5. The number of nitrogens with one attached hydrogen (secondary N) is 1. The van der Waals surface area contributed by atoms with Crippen molar-refractivity contribution in [3.8, 4) is 0 Å². The average molecular weight is 310 g/mol. The predicted octanol–water partition coefficient (Wildman–Crippen LogP) is 1.83. The molecule has 2 rings (SSSR count). The maximum atomic E-state index is 12.2. The van der Waals surface area contributed by atoms with Gasteiger partial charge >= 0.3 is 0 Å². The standard InChI is InChI=1S/C15H20ClN3O2/c1-11(18-7-9-19(10-8-18)12(2)20)15(21)17-14-5-3-13(16)4-6-14/h3-6,11H,7-10H2,1-2H3,(H,17,21)/t11-/m0/s1. The molecule has 21 heavy (non-hydrogen) atoms. The highest BCUT2D eigenvalue weighted by Crippen LogP contribution is 2.15. The SMILES string of the molecule is CC(=O)N1CCN([C@@H](C)C(=O)Nc2ccc(Cl)cc2)CC1. The second-order valence-electron chi connectivity index (χ2n) is 5.21. The Balaban J connectivity index is 1.88. The van der Waals surface area contributed by atoms with Crippen molar-refractivity contribution in [3.05, 3.63) is 29.3 Å². The Morgan fingerprint density at radius 3 is 2.24 bits per heavy atom. The molecule has 6 heteroatoms. The third-order valence-corrected chi connectivity index (χ3v) is 4.05. The molecule has 5 nitrogen and oxygen atoms in total. The van der Waals surface area contributed by atoms with Gasteiger partial charge in [0.1, 0.15) is 0 Å². The minimum Gasteiger partial charge on any atom is -0.340 e. The second kappa shape index (κ2) is 6.91. The molecule has 0 saturated carbocycles. The zero-order chi connectivity index (χ0) is 15.4. The largest absolute Gasteiger partial charge is 0.340 e. The van der Waals surface area contributed by atoms with Crippen LogP contribution >= 0.6 is 11.6 Å². The summed E-state index contributed by atoms with van der Waals surface area (Å²) < 4.78 is 0. The summed E-state index contributed by atoms with van der Waals surface area (Å²) in [6.07, 6.45) is 0. The molecule has 1 aliphatic heterocycles. The fourth-order valence-corrected chi connectivity index (χ4v) is 2.50. The van der Waals surface area contributed by atoms with Gasteiger partial charge in [-0.3, -0.25) is 14.5 Å². The summed E-state index contributed by atoms with van der Waals surface area (Å²) in [6.45, 7) is 6.24. The fraction of sp³-hybridized carbons (Fsp3) is 0.467. The smallest absolute Gasteiger partial charge is 0.241 e. The molecule has 1 heterocycles. The molecule has 1 saturated heterocycles. The van der Waals surface area contributed by atoms with E-state index in [2.05, 4.69) is 10.2 Å². The first-order valence-electron chi connectivity index (χ1n) is 7.03. The zero-order valence-corrected chi connectivity index (χ0v) is 13.1. The van der Waals surface area contributed by atoms with Crippen molar-refractivity contribution in [1.29, 1.82) is 0 Å². The van der Waals surface area contributed by atoms with Gasteiger partial charge in [0, 0.05) is 43.8 Å². The number of hydrogen-bond acceptors (Lipinski definition) is 3. The number of carbonyl (C=O) groups excluding carboxylic acids is 2. The van der Waals surface area contributed by atoms with E-state index in [9.17, 15) is 9.59 Å².